The first-order valence-corrected chi connectivity index (χ1v) is 10.1. The van der Waals surface area contributed by atoms with Crippen LogP contribution in [-0.2, 0) is 4.79 Å². The predicted octanol–water partition coefficient (Wildman–Crippen LogP) is 4.29. The molecule has 29 heavy (non-hydrogen) atoms. The fraction of sp³-hybridized carbons (Fsp3) is 0.182. The molecule has 2 aromatic heterocycles. The molecule has 1 aromatic carbocycles. The van der Waals surface area contributed by atoms with Crippen LogP contribution in [0.2, 0.25) is 0 Å². The minimum Gasteiger partial charge on any atom is -0.353 e. The first kappa shape index (κ1) is 19.0. The highest BCUT2D eigenvalue weighted by atomic mass is 32.1. The summed E-state index contributed by atoms with van der Waals surface area (Å²) >= 11 is 1.42. The molecule has 0 saturated carbocycles. The van der Waals surface area contributed by atoms with Crippen molar-refractivity contribution in [3.63, 3.8) is 0 Å². The third kappa shape index (κ3) is 3.45. The number of thiophene rings is 1. The van der Waals surface area contributed by atoms with E-state index in [2.05, 4.69) is 10.6 Å². The number of anilines is 2. The molecule has 3 aromatic rings. The number of hydrogen-bond donors (Lipinski definition) is 2. The average Bonchev–Trinajstić information content (AvgIpc) is 3.36. The largest absolute Gasteiger partial charge is 0.353 e. The Morgan fingerprint density at radius 2 is 1.79 bits per heavy atom. The first-order chi connectivity index (χ1) is 14.0. The third-order valence-electron chi connectivity index (χ3n) is 4.93. The van der Waals surface area contributed by atoms with Crippen LogP contribution in [0.3, 0.4) is 0 Å². The number of hydrogen-bond acceptors (Lipinski definition) is 4. The van der Waals surface area contributed by atoms with E-state index in [1.54, 1.807) is 25.2 Å². The van der Waals surface area contributed by atoms with Gasteiger partial charge in [0.05, 0.1) is 10.7 Å². The Balaban J connectivity index is 1.74. The van der Waals surface area contributed by atoms with E-state index in [-0.39, 0.29) is 17.7 Å². The van der Waals surface area contributed by atoms with E-state index < -0.39 is 0 Å². The fourth-order valence-electron chi connectivity index (χ4n) is 3.44. The van der Waals surface area contributed by atoms with E-state index >= 15 is 0 Å². The van der Waals surface area contributed by atoms with Gasteiger partial charge in [0.25, 0.3) is 11.8 Å². The maximum absolute atomic E-state index is 12.9. The van der Waals surface area contributed by atoms with Crippen molar-refractivity contribution in [3.8, 4) is 5.69 Å². The van der Waals surface area contributed by atoms with Crippen molar-refractivity contribution in [2.24, 2.45) is 0 Å². The topological polar surface area (TPSA) is 66.4 Å². The molecule has 0 aliphatic carbocycles. The fourth-order valence-corrected chi connectivity index (χ4v) is 4.73. The minimum atomic E-state index is -0.174. The SMILES string of the molecule is CC1C(C(=O)Nc2ccccc2)=CNc2sc(C(=O)N(C)C)c(-n3cccc3)c21. The summed E-state index contributed by atoms with van der Waals surface area (Å²) in [6, 6.07) is 13.2. The number of aromatic nitrogens is 1. The number of rotatable bonds is 4. The Hall–Kier alpha value is -3.32. The molecule has 1 aliphatic rings. The summed E-state index contributed by atoms with van der Waals surface area (Å²) in [6.07, 6.45) is 5.58. The first-order valence-electron chi connectivity index (χ1n) is 9.32. The van der Waals surface area contributed by atoms with E-state index in [4.69, 9.17) is 0 Å². The normalized spacial score (nSPS) is 15.1. The zero-order valence-electron chi connectivity index (χ0n) is 16.5. The predicted molar refractivity (Wildman–Crippen MR) is 117 cm³/mol. The van der Waals surface area contributed by atoms with Gasteiger partial charge in [0.2, 0.25) is 0 Å². The van der Waals surface area contributed by atoms with Gasteiger partial charge in [0, 0.05) is 55.4 Å². The van der Waals surface area contributed by atoms with Crippen LogP contribution in [0.1, 0.15) is 28.1 Å². The van der Waals surface area contributed by atoms with Crippen LogP contribution in [0.25, 0.3) is 5.69 Å². The van der Waals surface area contributed by atoms with Crippen molar-refractivity contribution < 1.29 is 9.59 Å². The molecule has 1 atom stereocenters. The average molecular weight is 407 g/mol. The Morgan fingerprint density at radius 3 is 2.45 bits per heavy atom. The van der Waals surface area contributed by atoms with E-state index in [1.807, 2.05) is 66.3 Å². The van der Waals surface area contributed by atoms with Gasteiger partial charge in [-0.1, -0.05) is 25.1 Å². The molecule has 1 unspecified atom stereocenters. The molecule has 1 aliphatic heterocycles. The highest BCUT2D eigenvalue weighted by molar-refractivity contribution is 7.18. The lowest BCUT2D eigenvalue weighted by molar-refractivity contribution is -0.113. The van der Waals surface area contributed by atoms with Gasteiger partial charge in [-0.05, 0) is 24.3 Å². The van der Waals surface area contributed by atoms with Crippen molar-refractivity contribution in [2.45, 2.75) is 12.8 Å². The Morgan fingerprint density at radius 1 is 1.10 bits per heavy atom. The summed E-state index contributed by atoms with van der Waals surface area (Å²) in [6.45, 7) is 2.00. The molecule has 6 nitrogen and oxygen atoms in total. The second kappa shape index (κ2) is 7.60. The molecule has 7 heteroatoms. The van der Waals surface area contributed by atoms with Crippen LogP contribution in [0.5, 0.6) is 0 Å². The lowest BCUT2D eigenvalue weighted by atomic mass is 9.90. The summed E-state index contributed by atoms with van der Waals surface area (Å²) in [5, 5.41) is 7.08. The summed E-state index contributed by atoms with van der Waals surface area (Å²) in [5.74, 6) is -0.392. The number of nitrogens with zero attached hydrogens (tertiary/aromatic N) is 2. The monoisotopic (exact) mass is 406 g/mol. The standard InChI is InChI=1S/C22H22N4O2S/c1-14-16(20(27)24-15-9-5-4-6-10-15)13-23-21-17(14)18(26-11-7-8-12-26)19(29-21)22(28)25(2)3/h4-14,23H,1-3H3,(H,24,27). The zero-order valence-corrected chi connectivity index (χ0v) is 17.3. The van der Waals surface area contributed by atoms with Crippen molar-refractivity contribution in [1.29, 1.82) is 0 Å². The second-order valence-corrected chi connectivity index (χ2v) is 8.12. The molecule has 2 amide bonds. The van der Waals surface area contributed by atoms with Crippen LogP contribution >= 0.6 is 11.3 Å². The van der Waals surface area contributed by atoms with E-state index in [1.165, 1.54) is 11.3 Å². The molecule has 0 spiro atoms. The molecule has 148 valence electrons. The highest BCUT2D eigenvalue weighted by Gasteiger charge is 2.33. The van der Waals surface area contributed by atoms with Gasteiger partial charge in [-0.2, -0.15) is 0 Å². The summed E-state index contributed by atoms with van der Waals surface area (Å²) in [5.41, 5.74) is 3.15. The highest BCUT2D eigenvalue weighted by Crippen LogP contribution is 2.46. The molecule has 4 rings (SSSR count). The lowest BCUT2D eigenvalue weighted by Crippen LogP contribution is -2.23. The smallest absolute Gasteiger partial charge is 0.265 e. The molecule has 0 radical (unpaired) electrons. The van der Waals surface area contributed by atoms with Gasteiger partial charge >= 0.3 is 0 Å². The third-order valence-corrected chi connectivity index (χ3v) is 6.05. The van der Waals surface area contributed by atoms with E-state index in [9.17, 15) is 9.59 Å². The lowest BCUT2D eigenvalue weighted by Gasteiger charge is -2.23. The van der Waals surface area contributed by atoms with Crippen LogP contribution in [0.4, 0.5) is 10.7 Å². The van der Waals surface area contributed by atoms with Gasteiger partial charge in [-0.25, -0.2) is 0 Å². The molecule has 3 heterocycles. The number of nitrogens with one attached hydrogen (secondary N) is 2. The van der Waals surface area contributed by atoms with E-state index in [0.717, 1.165) is 21.9 Å². The van der Waals surface area contributed by atoms with Gasteiger partial charge in [0.15, 0.2) is 0 Å². The zero-order chi connectivity index (χ0) is 20.5. The maximum Gasteiger partial charge on any atom is 0.265 e. The van der Waals surface area contributed by atoms with Crippen molar-refractivity contribution in [2.75, 3.05) is 24.7 Å². The van der Waals surface area contributed by atoms with E-state index in [0.29, 0.717) is 10.5 Å². The number of amides is 2. The van der Waals surface area contributed by atoms with Crippen molar-refractivity contribution >= 4 is 33.8 Å². The number of fused-ring (bicyclic) bond motifs is 1. The molecular weight excluding hydrogens is 384 g/mol. The summed E-state index contributed by atoms with van der Waals surface area (Å²) in [7, 11) is 3.49. The van der Waals surface area contributed by atoms with Crippen molar-refractivity contribution in [1.82, 2.24) is 9.47 Å². The molecule has 0 saturated heterocycles. The minimum absolute atomic E-state index is 0.0580. The number of carbonyl (C=O) groups is 2. The van der Waals surface area contributed by atoms with Gasteiger partial charge in [-0.15, -0.1) is 11.3 Å². The number of carbonyl (C=O) groups excluding carboxylic acids is 2. The van der Waals surface area contributed by atoms with Gasteiger partial charge in [-0.3, -0.25) is 9.59 Å². The van der Waals surface area contributed by atoms with Gasteiger partial charge in [0.1, 0.15) is 4.88 Å². The Bertz CT molecular complexity index is 1080. The maximum atomic E-state index is 12.9. The molecular formula is C22H22N4O2S. The Kier molecular flexibility index (Phi) is 4.98. The quantitative estimate of drug-likeness (QED) is 0.679. The summed E-state index contributed by atoms with van der Waals surface area (Å²) in [4.78, 5) is 28.0. The van der Waals surface area contributed by atoms with Crippen LogP contribution in [0.15, 0.2) is 66.6 Å². The number of para-hydroxylation sites is 1. The summed E-state index contributed by atoms with van der Waals surface area (Å²) < 4.78 is 1.95. The second-order valence-electron chi connectivity index (χ2n) is 7.10. The van der Waals surface area contributed by atoms with Crippen LogP contribution in [0, 0.1) is 0 Å². The number of benzene rings is 1. The molecule has 2 N–H and O–H groups in total. The Labute approximate surface area is 173 Å². The van der Waals surface area contributed by atoms with Crippen LogP contribution < -0.4 is 10.6 Å². The molecule has 0 fully saturated rings. The van der Waals surface area contributed by atoms with Gasteiger partial charge < -0.3 is 20.1 Å². The van der Waals surface area contributed by atoms with Crippen molar-refractivity contribution in [3.05, 3.63) is 77.1 Å². The van der Waals surface area contributed by atoms with Crippen LogP contribution in [-0.4, -0.2) is 35.4 Å². The molecule has 0 bridgehead atoms.